The molecular formula is C14H15N5O2. The molecule has 0 spiro atoms. The summed E-state index contributed by atoms with van der Waals surface area (Å²) in [4.78, 5) is 36.4. The van der Waals surface area contributed by atoms with Gasteiger partial charge in [-0.1, -0.05) is 0 Å². The van der Waals surface area contributed by atoms with Gasteiger partial charge in [0.25, 0.3) is 5.91 Å². The van der Waals surface area contributed by atoms with Gasteiger partial charge in [0.05, 0.1) is 0 Å². The first-order valence-electron chi connectivity index (χ1n) is 6.31. The van der Waals surface area contributed by atoms with Crippen molar-refractivity contribution < 1.29 is 9.59 Å². The van der Waals surface area contributed by atoms with Gasteiger partial charge in [0.15, 0.2) is 0 Å². The second kappa shape index (κ2) is 6.56. The summed E-state index contributed by atoms with van der Waals surface area (Å²) in [7, 11) is 1.60. The van der Waals surface area contributed by atoms with E-state index in [0.29, 0.717) is 18.1 Å². The van der Waals surface area contributed by atoms with Crippen molar-refractivity contribution in [2.45, 2.75) is 13.5 Å². The minimum Gasteiger partial charge on any atom is -0.348 e. The topological polar surface area (TPSA) is 88.1 Å². The van der Waals surface area contributed by atoms with Crippen LogP contribution in [0.4, 0.5) is 5.95 Å². The zero-order chi connectivity index (χ0) is 15.2. The van der Waals surface area contributed by atoms with Gasteiger partial charge in [0.1, 0.15) is 0 Å². The molecule has 2 amide bonds. The fraction of sp³-hybridized carbons (Fsp3) is 0.214. The molecule has 0 aromatic carbocycles. The van der Waals surface area contributed by atoms with Crippen LogP contribution >= 0.6 is 0 Å². The lowest BCUT2D eigenvalue weighted by Crippen LogP contribution is -2.26. The van der Waals surface area contributed by atoms with Crippen LogP contribution in [0.3, 0.4) is 0 Å². The molecule has 21 heavy (non-hydrogen) atoms. The minimum absolute atomic E-state index is 0.145. The molecule has 0 radical (unpaired) electrons. The van der Waals surface area contributed by atoms with E-state index < -0.39 is 0 Å². The number of aromatic nitrogens is 3. The molecule has 0 bridgehead atoms. The van der Waals surface area contributed by atoms with Crippen molar-refractivity contribution in [2.24, 2.45) is 0 Å². The highest BCUT2D eigenvalue weighted by molar-refractivity contribution is 5.93. The average Bonchev–Trinajstić information content (AvgIpc) is 2.53. The highest BCUT2D eigenvalue weighted by Gasteiger charge is 2.09. The quantitative estimate of drug-likeness (QED) is 0.897. The van der Waals surface area contributed by atoms with E-state index in [4.69, 9.17) is 0 Å². The summed E-state index contributed by atoms with van der Waals surface area (Å²) in [6, 6.07) is 3.27. The van der Waals surface area contributed by atoms with Crippen molar-refractivity contribution in [2.75, 3.05) is 11.9 Å². The highest BCUT2D eigenvalue weighted by Crippen LogP contribution is 2.05. The van der Waals surface area contributed by atoms with E-state index in [1.165, 1.54) is 11.8 Å². The van der Waals surface area contributed by atoms with Gasteiger partial charge in [0, 0.05) is 56.4 Å². The smallest absolute Gasteiger partial charge is 0.251 e. The Morgan fingerprint density at radius 3 is 2.38 bits per heavy atom. The first kappa shape index (κ1) is 14.6. The van der Waals surface area contributed by atoms with Crippen LogP contribution in [-0.4, -0.2) is 33.8 Å². The van der Waals surface area contributed by atoms with Gasteiger partial charge in [0.2, 0.25) is 11.9 Å². The van der Waals surface area contributed by atoms with Crippen molar-refractivity contribution in [3.8, 4) is 0 Å². The number of nitrogens with one attached hydrogen (secondary N) is 1. The molecule has 0 unspecified atom stereocenters. The number of anilines is 1. The lowest BCUT2D eigenvalue weighted by molar-refractivity contribution is -0.116. The number of nitrogens with zero attached hydrogens (tertiary/aromatic N) is 4. The third kappa shape index (κ3) is 3.82. The van der Waals surface area contributed by atoms with Gasteiger partial charge in [-0.2, -0.15) is 0 Å². The number of carbonyl (C=O) groups is 2. The van der Waals surface area contributed by atoms with E-state index in [2.05, 4.69) is 20.3 Å². The summed E-state index contributed by atoms with van der Waals surface area (Å²) in [5, 5.41) is 2.76. The van der Waals surface area contributed by atoms with Crippen molar-refractivity contribution in [1.82, 2.24) is 20.3 Å². The van der Waals surface area contributed by atoms with Crippen molar-refractivity contribution in [3.05, 3.63) is 48.0 Å². The molecular weight excluding hydrogens is 270 g/mol. The van der Waals surface area contributed by atoms with E-state index in [9.17, 15) is 9.59 Å². The molecule has 0 saturated heterocycles. The molecule has 0 saturated carbocycles. The molecule has 7 nitrogen and oxygen atoms in total. The Balaban J connectivity index is 1.95. The monoisotopic (exact) mass is 285 g/mol. The largest absolute Gasteiger partial charge is 0.348 e. The molecule has 7 heteroatoms. The van der Waals surface area contributed by atoms with E-state index >= 15 is 0 Å². The predicted octanol–water partition coefficient (Wildman–Crippen LogP) is 0.784. The summed E-state index contributed by atoms with van der Waals surface area (Å²) in [6.07, 6.45) is 6.28. The molecule has 1 N–H and O–H groups in total. The van der Waals surface area contributed by atoms with Gasteiger partial charge in [-0.15, -0.1) is 0 Å². The van der Waals surface area contributed by atoms with E-state index in [1.807, 2.05) is 0 Å². The lowest BCUT2D eigenvalue weighted by atomic mass is 10.2. The Hall–Kier alpha value is -2.83. The fourth-order valence-corrected chi connectivity index (χ4v) is 1.54. The second-order valence-corrected chi connectivity index (χ2v) is 4.39. The van der Waals surface area contributed by atoms with Crippen LogP contribution in [0.1, 0.15) is 22.8 Å². The molecule has 2 rings (SSSR count). The Morgan fingerprint density at radius 2 is 1.81 bits per heavy atom. The highest BCUT2D eigenvalue weighted by atomic mass is 16.2. The number of pyridine rings is 1. The summed E-state index contributed by atoms with van der Waals surface area (Å²) >= 11 is 0. The summed E-state index contributed by atoms with van der Waals surface area (Å²) in [6.45, 7) is 1.75. The number of hydrogen-bond acceptors (Lipinski definition) is 5. The van der Waals surface area contributed by atoms with Gasteiger partial charge in [-0.05, 0) is 12.1 Å². The van der Waals surface area contributed by atoms with Crippen LogP contribution in [0.5, 0.6) is 0 Å². The average molecular weight is 285 g/mol. The molecule has 0 aliphatic carbocycles. The summed E-state index contributed by atoms with van der Waals surface area (Å²) < 4.78 is 0. The van der Waals surface area contributed by atoms with E-state index in [-0.39, 0.29) is 11.8 Å². The fourth-order valence-electron chi connectivity index (χ4n) is 1.54. The van der Waals surface area contributed by atoms with Gasteiger partial charge < -0.3 is 5.32 Å². The van der Waals surface area contributed by atoms with Gasteiger partial charge in [-0.25, -0.2) is 9.97 Å². The van der Waals surface area contributed by atoms with Crippen LogP contribution < -0.4 is 10.2 Å². The molecule has 108 valence electrons. The van der Waals surface area contributed by atoms with Crippen LogP contribution in [-0.2, 0) is 11.3 Å². The summed E-state index contributed by atoms with van der Waals surface area (Å²) in [5.74, 6) is -0.0113. The molecule has 0 aliphatic heterocycles. The maximum Gasteiger partial charge on any atom is 0.251 e. The van der Waals surface area contributed by atoms with Crippen LogP contribution in [0, 0.1) is 0 Å². The van der Waals surface area contributed by atoms with E-state index in [1.54, 1.807) is 44.0 Å². The zero-order valence-electron chi connectivity index (χ0n) is 11.8. The number of carbonyl (C=O) groups excluding carboxylic acids is 2. The Bertz CT molecular complexity index is 628. The standard InChI is InChI=1S/C14H15N5O2/c1-10(20)19(2)14-17-8-11(9-18-14)7-16-13(21)12-3-5-15-6-4-12/h3-6,8-9H,7H2,1-2H3,(H,16,21). The third-order valence-corrected chi connectivity index (χ3v) is 2.86. The number of hydrogen-bond donors (Lipinski definition) is 1. The van der Waals surface area contributed by atoms with Crippen molar-refractivity contribution in [3.63, 3.8) is 0 Å². The molecule has 2 aromatic rings. The van der Waals surface area contributed by atoms with Crippen LogP contribution in [0.15, 0.2) is 36.9 Å². The molecule has 2 aromatic heterocycles. The molecule has 0 aliphatic rings. The molecule has 2 heterocycles. The first-order valence-corrected chi connectivity index (χ1v) is 6.31. The van der Waals surface area contributed by atoms with E-state index in [0.717, 1.165) is 5.56 Å². The molecule has 0 fully saturated rings. The van der Waals surface area contributed by atoms with Crippen molar-refractivity contribution in [1.29, 1.82) is 0 Å². The van der Waals surface area contributed by atoms with Crippen LogP contribution in [0.2, 0.25) is 0 Å². The normalized spacial score (nSPS) is 10.0. The lowest BCUT2D eigenvalue weighted by Gasteiger charge is -2.12. The van der Waals surface area contributed by atoms with Gasteiger partial charge in [-0.3, -0.25) is 19.5 Å². The second-order valence-electron chi connectivity index (χ2n) is 4.39. The summed E-state index contributed by atoms with van der Waals surface area (Å²) in [5.41, 5.74) is 1.29. The maximum absolute atomic E-state index is 11.8. The zero-order valence-corrected chi connectivity index (χ0v) is 11.8. The number of amides is 2. The van der Waals surface area contributed by atoms with Crippen molar-refractivity contribution >= 4 is 17.8 Å². The number of rotatable bonds is 4. The maximum atomic E-state index is 11.8. The predicted molar refractivity (Wildman–Crippen MR) is 76.5 cm³/mol. The molecule has 0 atom stereocenters. The first-order chi connectivity index (χ1) is 10.1. The van der Waals surface area contributed by atoms with Gasteiger partial charge >= 0.3 is 0 Å². The minimum atomic E-state index is -0.192. The Morgan fingerprint density at radius 1 is 1.19 bits per heavy atom. The Kier molecular flexibility index (Phi) is 4.55. The third-order valence-electron chi connectivity index (χ3n) is 2.86. The SMILES string of the molecule is CC(=O)N(C)c1ncc(CNC(=O)c2ccncc2)cn1. The Labute approximate surface area is 122 Å². The van der Waals surface area contributed by atoms with Crippen LogP contribution in [0.25, 0.3) is 0 Å².